The SMILES string of the molecule is C1=CC(c2ccccc2)CC=C1N(c1ccc(-c2cccc3c2oc2ccccc23)cc1)c1ccc(-c2cccc3c2oc2ccccc23)cc1. The van der Waals surface area contributed by atoms with Gasteiger partial charge in [0.1, 0.15) is 22.3 Å². The topological polar surface area (TPSA) is 29.5 Å². The Bertz CT molecular complexity index is 2610. The van der Waals surface area contributed by atoms with Crippen LogP contribution in [0.1, 0.15) is 17.9 Å². The summed E-state index contributed by atoms with van der Waals surface area (Å²) in [6, 6.07) is 57.8. The summed E-state index contributed by atoms with van der Waals surface area (Å²) in [4.78, 5) is 2.36. The summed E-state index contributed by atoms with van der Waals surface area (Å²) >= 11 is 0. The molecule has 242 valence electrons. The lowest BCUT2D eigenvalue weighted by Gasteiger charge is -2.29. The molecule has 0 aliphatic heterocycles. The van der Waals surface area contributed by atoms with Crippen LogP contribution in [0.2, 0.25) is 0 Å². The Labute approximate surface area is 296 Å². The van der Waals surface area contributed by atoms with Gasteiger partial charge in [-0.05, 0) is 65.6 Å². The molecule has 0 spiro atoms. The second-order valence-electron chi connectivity index (χ2n) is 13.2. The van der Waals surface area contributed by atoms with Gasteiger partial charge in [-0.2, -0.15) is 0 Å². The van der Waals surface area contributed by atoms with Gasteiger partial charge in [-0.3, -0.25) is 0 Å². The quantitative estimate of drug-likeness (QED) is 0.179. The van der Waals surface area contributed by atoms with Crippen LogP contribution in [-0.2, 0) is 0 Å². The van der Waals surface area contributed by atoms with E-state index in [-0.39, 0.29) is 0 Å². The zero-order valence-corrected chi connectivity index (χ0v) is 27.9. The number of anilines is 2. The number of hydrogen-bond donors (Lipinski definition) is 0. The zero-order chi connectivity index (χ0) is 33.7. The molecule has 3 heteroatoms. The molecule has 2 heterocycles. The molecule has 0 saturated heterocycles. The number of allylic oxidation sites excluding steroid dienone is 3. The molecule has 0 amide bonds. The van der Waals surface area contributed by atoms with E-state index >= 15 is 0 Å². The molecule has 1 atom stereocenters. The average Bonchev–Trinajstić information content (AvgIpc) is 3.78. The molecular formula is C48H33NO2. The highest BCUT2D eigenvalue weighted by molar-refractivity contribution is 6.10. The van der Waals surface area contributed by atoms with Crippen LogP contribution in [0.4, 0.5) is 11.4 Å². The van der Waals surface area contributed by atoms with E-state index in [1.807, 2.05) is 24.3 Å². The number of nitrogens with zero attached hydrogens (tertiary/aromatic N) is 1. The highest BCUT2D eigenvalue weighted by atomic mass is 16.3. The van der Waals surface area contributed by atoms with E-state index in [4.69, 9.17) is 8.83 Å². The molecule has 51 heavy (non-hydrogen) atoms. The van der Waals surface area contributed by atoms with Gasteiger partial charge >= 0.3 is 0 Å². The third kappa shape index (κ3) is 5.05. The molecular weight excluding hydrogens is 623 g/mol. The van der Waals surface area contributed by atoms with E-state index < -0.39 is 0 Å². The number of rotatable bonds is 6. The Kier molecular flexibility index (Phi) is 6.95. The van der Waals surface area contributed by atoms with Crippen LogP contribution < -0.4 is 4.90 Å². The Balaban J connectivity index is 1.04. The van der Waals surface area contributed by atoms with Crippen molar-refractivity contribution in [1.29, 1.82) is 0 Å². The second kappa shape index (κ2) is 12.1. The van der Waals surface area contributed by atoms with Crippen molar-refractivity contribution in [3.05, 3.63) is 193 Å². The summed E-state index contributed by atoms with van der Waals surface area (Å²) in [7, 11) is 0. The molecule has 7 aromatic carbocycles. The fourth-order valence-corrected chi connectivity index (χ4v) is 7.70. The molecule has 9 aromatic rings. The zero-order valence-electron chi connectivity index (χ0n) is 27.9. The number of hydrogen-bond acceptors (Lipinski definition) is 3. The van der Waals surface area contributed by atoms with Gasteiger partial charge in [-0.15, -0.1) is 0 Å². The monoisotopic (exact) mass is 655 g/mol. The molecule has 0 N–H and O–H groups in total. The third-order valence-electron chi connectivity index (χ3n) is 10.2. The summed E-state index contributed by atoms with van der Waals surface area (Å²) in [6.45, 7) is 0. The maximum atomic E-state index is 6.38. The first-order chi connectivity index (χ1) is 25.3. The summed E-state index contributed by atoms with van der Waals surface area (Å²) in [5.41, 5.74) is 12.8. The van der Waals surface area contributed by atoms with Crippen molar-refractivity contribution in [2.24, 2.45) is 0 Å². The van der Waals surface area contributed by atoms with Crippen LogP contribution in [0.3, 0.4) is 0 Å². The normalized spacial score (nSPS) is 14.4. The first-order valence-corrected chi connectivity index (χ1v) is 17.5. The van der Waals surface area contributed by atoms with E-state index in [9.17, 15) is 0 Å². The summed E-state index contributed by atoms with van der Waals surface area (Å²) in [6.07, 6.45) is 7.91. The maximum absolute atomic E-state index is 6.38. The third-order valence-corrected chi connectivity index (χ3v) is 10.2. The van der Waals surface area contributed by atoms with Crippen molar-refractivity contribution in [3.63, 3.8) is 0 Å². The van der Waals surface area contributed by atoms with Gasteiger partial charge < -0.3 is 13.7 Å². The molecule has 0 fully saturated rings. The lowest BCUT2D eigenvalue weighted by Crippen LogP contribution is -2.17. The van der Waals surface area contributed by atoms with Crippen molar-refractivity contribution >= 4 is 55.3 Å². The lowest BCUT2D eigenvalue weighted by molar-refractivity contribution is 0.669. The van der Waals surface area contributed by atoms with Crippen molar-refractivity contribution in [2.45, 2.75) is 12.3 Å². The van der Waals surface area contributed by atoms with Crippen molar-refractivity contribution < 1.29 is 8.83 Å². The number of benzene rings is 7. The van der Waals surface area contributed by atoms with Crippen LogP contribution >= 0.6 is 0 Å². The molecule has 0 saturated carbocycles. The molecule has 1 aliphatic rings. The Morgan fingerprint density at radius 1 is 0.451 bits per heavy atom. The van der Waals surface area contributed by atoms with Crippen LogP contribution in [0, 0.1) is 0 Å². The molecule has 10 rings (SSSR count). The van der Waals surface area contributed by atoms with E-state index in [0.717, 1.165) is 89.6 Å². The first kappa shape index (κ1) is 29.3. The van der Waals surface area contributed by atoms with Gasteiger partial charge in [0.05, 0.1) is 0 Å². The maximum Gasteiger partial charge on any atom is 0.143 e. The minimum atomic E-state index is 0.357. The Morgan fingerprint density at radius 3 is 1.45 bits per heavy atom. The summed E-state index contributed by atoms with van der Waals surface area (Å²) in [5, 5.41) is 4.55. The van der Waals surface area contributed by atoms with Crippen molar-refractivity contribution in [3.8, 4) is 22.3 Å². The van der Waals surface area contributed by atoms with Crippen LogP contribution in [0.25, 0.3) is 66.1 Å². The highest BCUT2D eigenvalue weighted by Gasteiger charge is 2.20. The molecule has 0 bridgehead atoms. The van der Waals surface area contributed by atoms with E-state index in [0.29, 0.717) is 5.92 Å². The highest BCUT2D eigenvalue weighted by Crippen LogP contribution is 2.41. The predicted octanol–water partition coefficient (Wildman–Crippen LogP) is 13.6. The Morgan fingerprint density at radius 2 is 0.941 bits per heavy atom. The van der Waals surface area contributed by atoms with Gasteiger partial charge in [0.2, 0.25) is 0 Å². The molecule has 0 radical (unpaired) electrons. The van der Waals surface area contributed by atoms with E-state index in [1.165, 1.54) is 5.56 Å². The lowest BCUT2D eigenvalue weighted by atomic mass is 9.91. The van der Waals surface area contributed by atoms with Crippen LogP contribution in [0.5, 0.6) is 0 Å². The molecule has 1 aliphatic carbocycles. The van der Waals surface area contributed by atoms with Gasteiger partial charge in [-0.1, -0.05) is 140 Å². The number of fused-ring (bicyclic) bond motifs is 6. The number of para-hydroxylation sites is 4. The number of furan rings is 2. The van der Waals surface area contributed by atoms with E-state index in [1.54, 1.807) is 0 Å². The fourth-order valence-electron chi connectivity index (χ4n) is 7.70. The average molecular weight is 656 g/mol. The van der Waals surface area contributed by atoms with Crippen molar-refractivity contribution in [2.75, 3.05) is 4.90 Å². The predicted molar refractivity (Wildman–Crippen MR) is 211 cm³/mol. The van der Waals surface area contributed by atoms with Gasteiger partial charge in [-0.25, -0.2) is 0 Å². The second-order valence-corrected chi connectivity index (χ2v) is 13.2. The largest absolute Gasteiger partial charge is 0.455 e. The van der Waals surface area contributed by atoms with E-state index in [2.05, 4.69) is 163 Å². The first-order valence-electron chi connectivity index (χ1n) is 17.5. The minimum absolute atomic E-state index is 0.357. The molecule has 2 aromatic heterocycles. The Hall–Kier alpha value is -6.58. The van der Waals surface area contributed by atoms with Gasteiger partial charge in [0, 0.05) is 55.7 Å². The fraction of sp³-hybridized carbons (Fsp3) is 0.0417. The molecule has 3 nitrogen and oxygen atoms in total. The van der Waals surface area contributed by atoms with Crippen LogP contribution in [-0.4, -0.2) is 0 Å². The summed E-state index contributed by atoms with van der Waals surface area (Å²) < 4.78 is 12.8. The smallest absolute Gasteiger partial charge is 0.143 e. The van der Waals surface area contributed by atoms with Gasteiger partial charge in [0.25, 0.3) is 0 Å². The van der Waals surface area contributed by atoms with Crippen LogP contribution in [0.15, 0.2) is 197 Å². The standard InChI is InChI=1S/C48H33NO2/c1-2-10-32(11-3-1)33-20-26-36(27-21-33)49(37-28-22-34(23-29-37)39-14-8-16-43-41-12-4-6-18-45(41)50-47(39)43)38-30-24-35(25-31-38)40-15-9-17-44-42-13-5-7-19-46(42)51-48(40)44/h1-20,22-31,33H,21H2. The summed E-state index contributed by atoms with van der Waals surface area (Å²) in [5.74, 6) is 0.357. The minimum Gasteiger partial charge on any atom is -0.455 e. The van der Waals surface area contributed by atoms with Gasteiger partial charge in [0.15, 0.2) is 0 Å². The molecule has 1 unspecified atom stereocenters. The van der Waals surface area contributed by atoms with Crippen molar-refractivity contribution in [1.82, 2.24) is 0 Å².